The lowest BCUT2D eigenvalue weighted by atomic mass is 10.1. The SMILES string of the molecule is O=C(c1cc2ccccc2[nH]1)N1CCN(Cc2ccc(Cl)c3cccnc23)CC1. The van der Waals surface area contributed by atoms with Crippen molar-refractivity contribution in [2.45, 2.75) is 6.54 Å². The van der Waals surface area contributed by atoms with E-state index in [0.29, 0.717) is 18.8 Å². The molecule has 0 radical (unpaired) electrons. The average molecular weight is 405 g/mol. The molecule has 29 heavy (non-hydrogen) atoms. The van der Waals surface area contributed by atoms with Crippen LogP contribution in [0.25, 0.3) is 21.8 Å². The molecule has 0 aliphatic carbocycles. The fraction of sp³-hybridized carbons (Fsp3) is 0.217. The second kappa shape index (κ2) is 7.50. The van der Waals surface area contributed by atoms with Crippen LogP contribution in [0.5, 0.6) is 0 Å². The van der Waals surface area contributed by atoms with Crippen molar-refractivity contribution in [3.05, 3.63) is 77.1 Å². The number of nitrogens with zero attached hydrogens (tertiary/aromatic N) is 3. The minimum Gasteiger partial charge on any atom is -0.351 e. The molecule has 0 saturated carbocycles. The summed E-state index contributed by atoms with van der Waals surface area (Å²) in [6.45, 7) is 3.91. The number of halogens is 1. The summed E-state index contributed by atoms with van der Waals surface area (Å²) in [6, 6.07) is 17.8. The number of H-pyrrole nitrogens is 1. The van der Waals surface area contributed by atoms with E-state index in [-0.39, 0.29) is 5.91 Å². The van der Waals surface area contributed by atoms with Gasteiger partial charge in [0.05, 0.1) is 5.52 Å². The minimum atomic E-state index is 0.0689. The van der Waals surface area contributed by atoms with E-state index in [9.17, 15) is 4.79 Å². The first kappa shape index (κ1) is 18.2. The van der Waals surface area contributed by atoms with Gasteiger partial charge in [-0.1, -0.05) is 35.9 Å². The largest absolute Gasteiger partial charge is 0.351 e. The maximum absolute atomic E-state index is 12.9. The lowest BCUT2D eigenvalue weighted by Crippen LogP contribution is -2.48. The van der Waals surface area contributed by atoms with Crippen LogP contribution in [0, 0.1) is 0 Å². The summed E-state index contributed by atoms with van der Waals surface area (Å²) in [5, 5.41) is 2.78. The number of hydrogen-bond donors (Lipinski definition) is 1. The van der Waals surface area contributed by atoms with Crippen molar-refractivity contribution in [3.8, 4) is 0 Å². The molecule has 2 aromatic carbocycles. The summed E-state index contributed by atoms with van der Waals surface area (Å²) in [6.07, 6.45) is 1.80. The van der Waals surface area contributed by atoms with E-state index < -0.39 is 0 Å². The van der Waals surface area contributed by atoms with Crippen molar-refractivity contribution in [1.82, 2.24) is 19.8 Å². The van der Waals surface area contributed by atoms with Crippen molar-refractivity contribution < 1.29 is 4.79 Å². The molecule has 1 aliphatic heterocycles. The Hall–Kier alpha value is -2.89. The maximum atomic E-state index is 12.9. The Balaban J connectivity index is 1.27. The van der Waals surface area contributed by atoms with Crippen LogP contribution in [-0.4, -0.2) is 51.9 Å². The Labute approximate surface area is 173 Å². The number of nitrogens with one attached hydrogen (secondary N) is 1. The number of amides is 1. The molecule has 0 atom stereocenters. The van der Waals surface area contributed by atoms with Crippen LogP contribution >= 0.6 is 11.6 Å². The number of fused-ring (bicyclic) bond motifs is 2. The molecule has 1 saturated heterocycles. The van der Waals surface area contributed by atoms with E-state index in [1.807, 2.05) is 53.4 Å². The Kier molecular flexibility index (Phi) is 4.70. The van der Waals surface area contributed by atoms with Crippen LogP contribution in [0.3, 0.4) is 0 Å². The van der Waals surface area contributed by atoms with E-state index in [2.05, 4.69) is 20.9 Å². The highest BCUT2D eigenvalue weighted by molar-refractivity contribution is 6.35. The number of carbonyl (C=O) groups excluding carboxylic acids is 1. The van der Waals surface area contributed by atoms with Crippen molar-refractivity contribution in [3.63, 3.8) is 0 Å². The van der Waals surface area contributed by atoms with Gasteiger partial charge in [0.15, 0.2) is 0 Å². The Bertz CT molecular complexity index is 1160. The van der Waals surface area contributed by atoms with Gasteiger partial charge in [0.2, 0.25) is 0 Å². The quantitative estimate of drug-likeness (QED) is 0.553. The number of aromatic nitrogens is 2. The van der Waals surface area contributed by atoms with Crippen molar-refractivity contribution in [2.75, 3.05) is 26.2 Å². The average Bonchev–Trinajstić information content (AvgIpc) is 3.20. The molecular weight excluding hydrogens is 384 g/mol. The number of carbonyl (C=O) groups is 1. The summed E-state index contributed by atoms with van der Waals surface area (Å²) in [4.78, 5) is 25.0. The van der Waals surface area contributed by atoms with E-state index in [1.165, 1.54) is 5.56 Å². The van der Waals surface area contributed by atoms with Gasteiger partial charge in [-0.15, -0.1) is 0 Å². The minimum absolute atomic E-state index is 0.0689. The van der Waals surface area contributed by atoms with E-state index >= 15 is 0 Å². The van der Waals surface area contributed by atoms with Crippen LogP contribution in [0.4, 0.5) is 0 Å². The molecule has 0 unspecified atom stereocenters. The van der Waals surface area contributed by atoms with E-state index in [4.69, 9.17) is 11.6 Å². The third-order valence-electron chi connectivity index (χ3n) is 5.61. The summed E-state index contributed by atoms with van der Waals surface area (Å²) in [5.74, 6) is 0.0689. The first-order chi connectivity index (χ1) is 14.2. The predicted octanol–water partition coefficient (Wildman–Crippen LogP) is 4.33. The van der Waals surface area contributed by atoms with Gasteiger partial charge < -0.3 is 9.88 Å². The Morgan fingerprint density at radius 3 is 2.69 bits per heavy atom. The summed E-state index contributed by atoms with van der Waals surface area (Å²) in [5.41, 5.74) is 3.78. The number of rotatable bonds is 3. The van der Waals surface area contributed by atoms with Crippen LogP contribution in [0.15, 0.2) is 60.8 Å². The topological polar surface area (TPSA) is 52.2 Å². The molecular formula is C23H21ClN4O. The number of aromatic amines is 1. The Morgan fingerprint density at radius 2 is 1.86 bits per heavy atom. The number of hydrogen-bond acceptors (Lipinski definition) is 3. The van der Waals surface area contributed by atoms with Gasteiger partial charge in [0.25, 0.3) is 5.91 Å². The highest BCUT2D eigenvalue weighted by Gasteiger charge is 2.23. The smallest absolute Gasteiger partial charge is 0.270 e. The molecule has 3 heterocycles. The molecule has 1 amide bonds. The number of piperazine rings is 1. The molecule has 5 rings (SSSR count). The van der Waals surface area contributed by atoms with Gasteiger partial charge in [0, 0.05) is 60.2 Å². The third kappa shape index (κ3) is 3.48. The highest BCUT2D eigenvalue weighted by atomic mass is 35.5. The highest BCUT2D eigenvalue weighted by Crippen LogP contribution is 2.26. The maximum Gasteiger partial charge on any atom is 0.270 e. The van der Waals surface area contributed by atoms with Crippen molar-refractivity contribution in [1.29, 1.82) is 0 Å². The lowest BCUT2D eigenvalue weighted by molar-refractivity contribution is 0.0624. The first-order valence-corrected chi connectivity index (χ1v) is 10.2. The van der Waals surface area contributed by atoms with Crippen LogP contribution < -0.4 is 0 Å². The van der Waals surface area contributed by atoms with Crippen LogP contribution in [-0.2, 0) is 6.54 Å². The molecule has 4 aromatic rings. The molecule has 2 aromatic heterocycles. The third-order valence-corrected chi connectivity index (χ3v) is 5.94. The molecule has 6 heteroatoms. The number of para-hydroxylation sites is 1. The van der Waals surface area contributed by atoms with Gasteiger partial charge in [-0.3, -0.25) is 14.7 Å². The van der Waals surface area contributed by atoms with Gasteiger partial charge in [-0.05, 0) is 35.9 Å². The molecule has 5 nitrogen and oxygen atoms in total. The summed E-state index contributed by atoms with van der Waals surface area (Å²) < 4.78 is 0. The number of pyridine rings is 1. The lowest BCUT2D eigenvalue weighted by Gasteiger charge is -2.34. The zero-order valence-corrected chi connectivity index (χ0v) is 16.7. The van der Waals surface area contributed by atoms with Crippen LogP contribution in [0.2, 0.25) is 5.02 Å². The van der Waals surface area contributed by atoms with Crippen LogP contribution in [0.1, 0.15) is 16.1 Å². The van der Waals surface area contributed by atoms with Gasteiger partial charge in [-0.2, -0.15) is 0 Å². The Morgan fingerprint density at radius 1 is 1.03 bits per heavy atom. The van der Waals surface area contributed by atoms with Gasteiger partial charge in [-0.25, -0.2) is 0 Å². The fourth-order valence-electron chi connectivity index (χ4n) is 4.03. The summed E-state index contributed by atoms with van der Waals surface area (Å²) >= 11 is 6.31. The van der Waals surface area contributed by atoms with Crippen molar-refractivity contribution in [2.24, 2.45) is 0 Å². The molecule has 1 fully saturated rings. The number of benzene rings is 2. The monoisotopic (exact) mass is 404 g/mol. The van der Waals surface area contributed by atoms with Gasteiger partial charge >= 0.3 is 0 Å². The molecule has 0 bridgehead atoms. The zero-order valence-electron chi connectivity index (χ0n) is 15.9. The molecule has 1 aliphatic rings. The van der Waals surface area contributed by atoms with Crippen molar-refractivity contribution >= 4 is 39.3 Å². The summed E-state index contributed by atoms with van der Waals surface area (Å²) in [7, 11) is 0. The van der Waals surface area contributed by atoms with Gasteiger partial charge in [0.1, 0.15) is 5.69 Å². The second-order valence-corrected chi connectivity index (χ2v) is 7.85. The molecule has 0 spiro atoms. The molecule has 1 N–H and O–H groups in total. The standard InChI is InChI=1S/C23H21ClN4O/c24-19-8-7-17(22-18(19)5-3-9-25-22)15-27-10-12-28(13-11-27)23(29)21-14-16-4-1-2-6-20(16)26-21/h1-9,14,26H,10-13,15H2. The van der Waals surface area contributed by atoms with E-state index in [0.717, 1.165) is 46.5 Å². The fourth-order valence-corrected chi connectivity index (χ4v) is 4.25. The normalized spacial score (nSPS) is 15.3. The predicted molar refractivity (Wildman–Crippen MR) is 116 cm³/mol. The first-order valence-electron chi connectivity index (χ1n) is 9.80. The molecule has 146 valence electrons. The second-order valence-electron chi connectivity index (χ2n) is 7.44. The van der Waals surface area contributed by atoms with E-state index in [1.54, 1.807) is 6.20 Å². The zero-order chi connectivity index (χ0) is 19.8.